The molecule has 2 aliphatic carbocycles. The van der Waals surface area contributed by atoms with Crippen molar-refractivity contribution in [2.45, 2.75) is 37.3 Å². The number of hydrogen-bond donors (Lipinski definition) is 1. The van der Waals surface area contributed by atoms with E-state index in [0.29, 0.717) is 18.0 Å². The van der Waals surface area contributed by atoms with E-state index in [2.05, 4.69) is 21.9 Å². The number of fused-ring (bicyclic) bond motifs is 1. The van der Waals surface area contributed by atoms with Crippen LogP contribution < -0.4 is 5.73 Å². The van der Waals surface area contributed by atoms with Crippen LogP contribution in [0.3, 0.4) is 0 Å². The van der Waals surface area contributed by atoms with Crippen molar-refractivity contribution in [2.24, 2.45) is 22.6 Å². The molecule has 3 aliphatic rings. The summed E-state index contributed by atoms with van der Waals surface area (Å²) in [7, 11) is 0. The molecule has 2 aromatic rings. The van der Waals surface area contributed by atoms with Crippen molar-refractivity contribution in [3.63, 3.8) is 0 Å². The molecule has 1 aromatic carbocycles. The third kappa shape index (κ3) is 2.73. The van der Waals surface area contributed by atoms with Gasteiger partial charge in [-0.25, -0.2) is 22.8 Å². The van der Waals surface area contributed by atoms with E-state index in [-0.39, 0.29) is 11.6 Å². The first kappa shape index (κ1) is 17.2. The number of ether oxygens (including phenoxy) is 1. The van der Waals surface area contributed by atoms with Crippen molar-refractivity contribution in [3.8, 4) is 17.5 Å². The fourth-order valence-corrected chi connectivity index (χ4v) is 3.70. The largest absolute Gasteiger partial charge is 0.462 e. The molecule has 0 bridgehead atoms. The van der Waals surface area contributed by atoms with E-state index in [1.54, 1.807) is 12.4 Å². The molecule has 1 aromatic heterocycles. The van der Waals surface area contributed by atoms with Crippen LogP contribution in [0.15, 0.2) is 35.6 Å². The number of nitrogens with zero attached hydrogens (tertiary/aromatic N) is 3. The molecule has 1 aliphatic heterocycles. The van der Waals surface area contributed by atoms with Gasteiger partial charge in [0, 0.05) is 23.6 Å². The van der Waals surface area contributed by atoms with Crippen molar-refractivity contribution in [2.75, 3.05) is 0 Å². The highest BCUT2D eigenvalue weighted by Gasteiger charge is 2.64. The van der Waals surface area contributed by atoms with Gasteiger partial charge in [-0.1, -0.05) is 11.8 Å². The molecular weight excluding hydrogens is 369 g/mol. The van der Waals surface area contributed by atoms with E-state index in [9.17, 15) is 13.2 Å². The summed E-state index contributed by atoms with van der Waals surface area (Å²) in [6.07, 6.45) is 2.52. The second kappa shape index (κ2) is 6.03. The number of aliphatic imine (C=N–C) groups is 1. The summed E-state index contributed by atoms with van der Waals surface area (Å²) in [6.45, 7) is 0. The molecular formula is C20H17F3N4O. The summed E-state index contributed by atoms with van der Waals surface area (Å²) in [5.74, 6) is 5.28. The summed E-state index contributed by atoms with van der Waals surface area (Å²) < 4.78 is 49.8. The molecule has 0 spiro atoms. The van der Waals surface area contributed by atoms with Crippen molar-refractivity contribution >= 4 is 6.02 Å². The second-order valence-corrected chi connectivity index (χ2v) is 7.46. The van der Waals surface area contributed by atoms with Gasteiger partial charge in [0.25, 0.3) is 12.4 Å². The molecule has 3 atom stereocenters. The maximum Gasteiger partial charge on any atom is 0.283 e. The number of hydrogen-bond acceptors (Lipinski definition) is 4. The van der Waals surface area contributed by atoms with Gasteiger partial charge in [0.1, 0.15) is 11.9 Å². The lowest BCUT2D eigenvalue weighted by atomic mass is 9.84. The number of halogens is 3. The summed E-state index contributed by atoms with van der Waals surface area (Å²) in [6, 6.07) is 3.68. The number of rotatable bonds is 3. The molecule has 144 valence electrons. The number of nitrogens with two attached hydrogens (primary N) is 1. The van der Waals surface area contributed by atoms with Gasteiger partial charge in [-0.05, 0) is 37.5 Å². The average Bonchev–Trinajstić information content (AvgIpc) is 3.58. The van der Waals surface area contributed by atoms with Crippen LogP contribution in [0.2, 0.25) is 0 Å². The Bertz CT molecular complexity index is 1030. The summed E-state index contributed by atoms with van der Waals surface area (Å²) in [5, 5.41) is 4.23. The van der Waals surface area contributed by atoms with Gasteiger partial charge < -0.3 is 10.5 Å². The third-order valence-electron chi connectivity index (χ3n) is 5.42. The predicted octanol–water partition coefficient (Wildman–Crippen LogP) is 2.97. The fraction of sp³-hybridized carbons (Fsp3) is 0.400. The first-order valence-corrected chi connectivity index (χ1v) is 9.14. The summed E-state index contributed by atoms with van der Waals surface area (Å²) >= 11 is 0. The highest BCUT2D eigenvalue weighted by molar-refractivity contribution is 5.74. The van der Waals surface area contributed by atoms with Gasteiger partial charge in [0.15, 0.2) is 5.54 Å². The van der Waals surface area contributed by atoms with E-state index in [1.165, 1.54) is 16.8 Å². The van der Waals surface area contributed by atoms with Gasteiger partial charge in [-0.2, -0.15) is 5.10 Å². The quantitative estimate of drug-likeness (QED) is 0.825. The van der Waals surface area contributed by atoms with Gasteiger partial charge in [0.05, 0.1) is 17.4 Å². The number of aromatic nitrogens is 2. The molecule has 8 heteroatoms. The second-order valence-electron chi connectivity index (χ2n) is 7.46. The fourth-order valence-electron chi connectivity index (χ4n) is 3.70. The Morgan fingerprint density at radius 3 is 2.89 bits per heavy atom. The Hall–Kier alpha value is -2.95. The highest BCUT2D eigenvalue weighted by atomic mass is 19.3. The van der Waals surface area contributed by atoms with Gasteiger partial charge in [0.2, 0.25) is 0 Å². The zero-order valence-corrected chi connectivity index (χ0v) is 14.8. The molecule has 0 amide bonds. The van der Waals surface area contributed by atoms with Crippen LogP contribution in [-0.4, -0.2) is 28.3 Å². The van der Waals surface area contributed by atoms with Gasteiger partial charge in [-0.15, -0.1) is 0 Å². The van der Waals surface area contributed by atoms with Crippen molar-refractivity contribution in [1.82, 2.24) is 9.78 Å². The lowest BCUT2D eigenvalue weighted by Crippen LogP contribution is -2.43. The van der Waals surface area contributed by atoms with Crippen molar-refractivity contribution in [1.29, 1.82) is 0 Å². The minimum Gasteiger partial charge on any atom is -0.462 e. The molecule has 0 saturated heterocycles. The van der Waals surface area contributed by atoms with E-state index >= 15 is 0 Å². The Morgan fingerprint density at radius 2 is 2.14 bits per heavy atom. The van der Waals surface area contributed by atoms with E-state index < -0.39 is 29.8 Å². The van der Waals surface area contributed by atoms with E-state index in [0.717, 1.165) is 24.5 Å². The van der Waals surface area contributed by atoms with Crippen LogP contribution in [0.25, 0.3) is 5.69 Å². The third-order valence-corrected chi connectivity index (χ3v) is 5.42. The molecule has 2 fully saturated rings. The van der Waals surface area contributed by atoms with Gasteiger partial charge >= 0.3 is 0 Å². The predicted molar refractivity (Wildman–Crippen MR) is 95.4 cm³/mol. The molecule has 5 rings (SSSR count). The Kier molecular flexibility index (Phi) is 3.69. The van der Waals surface area contributed by atoms with Crippen molar-refractivity contribution in [3.05, 3.63) is 47.5 Å². The minimum absolute atomic E-state index is 0.195. The summed E-state index contributed by atoms with van der Waals surface area (Å²) in [5.41, 5.74) is 4.54. The first-order valence-electron chi connectivity index (χ1n) is 9.14. The lowest BCUT2D eigenvalue weighted by molar-refractivity contribution is 0.0176. The molecule has 1 unspecified atom stereocenters. The van der Waals surface area contributed by atoms with Crippen LogP contribution in [0.1, 0.15) is 30.4 Å². The van der Waals surface area contributed by atoms with Crippen LogP contribution in [-0.2, 0) is 10.3 Å². The molecule has 5 nitrogen and oxygen atoms in total. The van der Waals surface area contributed by atoms with Crippen LogP contribution >= 0.6 is 0 Å². The van der Waals surface area contributed by atoms with Crippen molar-refractivity contribution < 1.29 is 17.9 Å². The number of benzene rings is 1. The number of alkyl halides is 2. The first-order chi connectivity index (χ1) is 13.5. The normalized spacial score (nSPS) is 28.1. The molecule has 0 radical (unpaired) electrons. The Labute approximate surface area is 159 Å². The average molecular weight is 386 g/mol. The summed E-state index contributed by atoms with van der Waals surface area (Å²) in [4.78, 5) is 3.89. The molecule has 2 N–H and O–H groups in total. The molecule has 2 heterocycles. The SMILES string of the molecule is NC1=N[C@@](c2cc(-n3cc(C#CC4CC4)cn3)ccc2F)(C(F)F)C2C[C@H]2O1. The maximum absolute atomic E-state index is 14.7. The van der Waals surface area contributed by atoms with Gasteiger partial charge in [-0.3, -0.25) is 0 Å². The standard InChI is InChI=1S/C20H17F3N4O/c21-16-6-5-13(27-10-12(9-25-27)4-3-11-1-2-11)7-14(16)20(18(22)23)15-8-17(15)28-19(24)26-20/h5-7,9-11,15,17-18H,1-2,8H2,(H2,24,26)/t15?,17-,20-/m1/s1. The smallest absolute Gasteiger partial charge is 0.283 e. The monoisotopic (exact) mass is 386 g/mol. The van der Waals surface area contributed by atoms with Crippen LogP contribution in [0.5, 0.6) is 0 Å². The molecule has 2 saturated carbocycles. The molecule has 28 heavy (non-hydrogen) atoms. The topological polar surface area (TPSA) is 65.4 Å². The van der Waals surface area contributed by atoms with E-state index in [4.69, 9.17) is 10.5 Å². The van der Waals surface area contributed by atoms with Crippen LogP contribution in [0, 0.1) is 29.5 Å². The van der Waals surface area contributed by atoms with Crippen LogP contribution in [0.4, 0.5) is 13.2 Å². The Balaban J connectivity index is 1.56. The maximum atomic E-state index is 14.7. The Morgan fingerprint density at radius 1 is 1.32 bits per heavy atom. The zero-order valence-electron chi connectivity index (χ0n) is 14.8. The minimum atomic E-state index is -2.92. The highest BCUT2D eigenvalue weighted by Crippen LogP contribution is 2.56. The lowest BCUT2D eigenvalue weighted by Gasteiger charge is -2.33. The number of amidine groups is 1. The van der Waals surface area contributed by atoms with E-state index in [1.807, 2.05) is 0 Å². The zero-order chi connectivity index (χ0) is 19.5.